The molecule has 3 aromatic heterocycles. The number of rotatable bonds is 3. The van der Waals surface area contributed by atoms with Crippen molar-refractivity contribution >= 4 is 55.4 Å². The van der Waals surface area contributed by atoms with Gasteiger partial charge < -0.3 is 13.7 Å². The molecule has 4 heteroatoms. The lowest BCUT2D eigenvalue weighted by atomic mass is 10.0. The monoisotopic (exact) mass is 579 g/mol. The summed E-state index contributed by atoms with van der Waals surface area (Å²) in [4.78, 5) is 2.57. The standard InChI is InChI=1S/C40H25N3S/c1-2-9-28(10-3-1)41-24-37-39(25-41)44-38-16-8-13-32-33-23-27(19-22-36(33)43(37)40(32)38)26-17-20-29(21-18-26)42-34-14-6-4-11-30(34)31-12-5-7-15-35(31)42/h1-25H. The summed E-state index contributed by atoms with van der Waals surface area (Å²) in [7, 11) is 0. The maximum atomic E-state index is 2.46. The minimum Gasteiger partial charge on any atom is -0.321 e. The molecule has 0 N–H and O–H groups in total. The lowest BCUT2D eigenvalue weighted by molar-refractivity contribution is 1.06. The van der Waals surface area contributed by atoms with Gasteiger partial charge in [0, 0.05) is 50.2 Å². The SMILES string of the molecule is c1ccc(-n2cc3c(c2)-n2c4ccc(-c5ccc(-n6c7ccccc7c7ccccc76)cc5)cc4c4cccc(c42)S3)cc1. The molecule has 0 unspecified atom stereocenters. The number of hydrogen-bond donors (Lipinski definition) is 0. The molecule has 0 bridgehead atoms. The molecule has 0 amide bonds. The van der Waals surface area contributed by atoms with E-state index in [0.717, 1.165) is 0 Å². The second-order valence-electron chi connectivity index (χ2n) is 11.5. The molecule has 0 fully saturated rings. The first-order chi connectivity index (χ1) is 21.8. The van der Waals surface area contributed by atoms with E-state index in [9.17, 15) is 0 Å². The van der Waals surface area contributed by atoms with Gasteiger partial charge in [0.1, 0.15) is 0 Å². The van der Waals surface area contributed by atoms with Crippen LogP contribution in [0.4, 0.5) is 0 Å². The van der Waals surface area contributed by atoms with E-state index in [1.54, 1.807) is 0 Å². The van der Waals surface area contributed by atoms with Crippen LogP contribution in [0.3, 0.4) is 0 Å². The average molecular weight is 580 g/mol. The highest BCUT2D eigenvalue weighted by Gasteiger charge is 2.25. The van der Waals surface area contributed by atoms with Crippen LogP contribution >= 0.6 is 11.8 Å². The van der Waals surface area contributed by atoms with Crippen molar-refractivity contribution in [3.63, 3.8) is 0 Å². The van der Waals surface area contributed by atoms with E-state index in [1.165, 1.54) is 81.6 Å². The second kappa shape index (κ2) is 9.03. The molecule has 206 valence electrons. The molecule has 0 saturated heterocycles. The zero-order valence-electron chi connectivity index (χ0n) is 23.7. The number of aromatic nitrogens is 3. The summed E-state index contributed by atoms with van der Waals surface area (Å²) in [5.41, 5.74) is 11.0. The fourth-order valence-corrected chi connectivity index (χ4v) is 8.19. The number of hydrogen-bond acceptors (Lipinski definition) is 1. The van der Waals surface area contributed by atoms with E-state index in [-0.39, 0.29) is 0 Å². The van der Waals surface area contributed by atoms with Crippen molar-refractivity contribution in [2.24, 2.45) is 0 Å². The normalized spacial score (nSPS) is 12.5. The third-order valence-corrected chi connectivity index (χ3v) is 10.2. The Morgan fingerprint density at radius 1 is 0.409 bits per heavy atom. The minimum atomic E-state index is 1.17. The van der Waals surface area contributed by atoms with Gasteiger partial charge in [-0.25, -0.2) is 0 Å². The van der Waals surface area contributed by atoms with E-state index < -0.39 is 0 Å². The predicted molar refractivity (Wildman–Crippen MR) is 184 cm³/mol. The molecule has 0 saturated carbocycles. The van der Waals surface area contributed by atoms with Gasteiger partial charge in [-0.1, -0.05) is 96.7 Å². The molecule has 0 aliphatic carbocycles. The lowest BCUT2D eigenvalue weighted by Crippen LogP contribution is -1.98. The van der Waals surface area contributed by atoms with Crippen LogP contribution in [-0.2, 0) is 0 Å². The lowest BCUT2D eigenvalue weighted by Gasteiger charge is -2.16. The smallest absolute Gasteiger partial charge is 0.0783 e. The van der Waals surface area contributed by atoms with Crippen LogP contribution in [0.25, 0.3) is 71.8 Å². The summed E-state index contributed by atoms with van der Waals surface area (Å²) >= 11 is 1.86. The predicted octanol–water partition coefficient (Wildman–Crippen LogP) is 10.8. The van der Waals surface area contributed by atoms with Gasteiger partial charge in [-0.3, -0.25) is 0 Å². The van der Waals surface area contributed by atoms with Crippen molar-refractivity contribution in [1.82, 2.24) is 13.7 Å². The Labute approximate surface area is 258 Å². The van der Waals surface area contributed by atoms with Gasteiger partial charge in [-0.2, -0.15) is 0 Å². The molecule has 10 rings (SSSR count). The Morgan fingerprint density at radius 2 is 1.07 bits per heavy atom. The van der Waals surface area contributed by atoms with E-state index in [1.807, 2.05) is 11.8 Å². The highest BCUT2D eigenvalue weighted by Crippen LogP contribution is 2.48. The van der Waals surface area contributed by atoms with Gasteiger partial charge >= 0.3 is 0 Å². The summed E-state index contributed by atoms with van der Waals surface area (Å²) in [5.74, 6) is 0. The van der Waals surface area contributed by atoms with Crippen LogP contribution in [0, 0.1) is 0 Å². The molecular formula is C40H25N3S. The minimum absolute atomic E-state index is 1.17. The van der Waals surface area contributed by atoms with Crippen LogP contribution in [0.15, 0.2) is 162 Å². The molecular weight excluding hydrogens is 555 g/mol. The maximum Gasteiger partial charge on any atom is 0.0783 e. The van der Waals surface area contributed by atoms with Gasteiger partial charge in [0.2, 0.25) is 0 Å². The highest BCUT2D eigenvalue weighted by molar-refractivity contribution is 7.99. The van der Waals surface area contributed by atoms with E-state index in [2.05, 4.69) is 166 Å². The van der Waals surface area contributed by atoms with Gasteiger partial charge in [0.05, 0.1) is 32.6 Å². The fourth-order valence-electron chi connectivity index (χ4n) is 7.09. The highest BCUT2D eigenvalue weighted by atomic mass is 32.2. The summed E-state index contributed by atoms with van der Waals surface area (Å²) in [6.07, 6.45) is 4.53. The first-order valence-corrected chi connectivity index (χ1v) is 15.8. The Morgan fingerprint density at radius 3 is 1.84 bits per heavy atom. The van der Waals surface area contributed by atoms with Crippen molar-refractivity contribution < 1.29 is 0 Å². The van der Waals surface area contributed by atoms with Crippen LogP contribution in [0.1, 0.15) is 0 Å². The molecule has 4 heterocycles. The fraction of sp³-hybridized carbons (Fsp3) is 0. The molecule has 44 heavy (non-hydrogen) atoms. The van der Waals surface area contributed by atoms with E-state index in [4.69, 9.17) is 0 Å². The molecule has 1 aliphatic rings. The van der Waals surface area contributed by atoms with Crippen LogP contribution in [0.5, 0.6) is 0 Å². The largest absolute Gasteiger partial charge is 0.321 e. The Balaban J connectivity index is 1.11. The summed E-state index contributed by atoms with van der Waals surface area (Å²) < 4.78 is 7.08. The van der Waals surface area contributed by atoms with Gasteiger partial charge in [0.25, 0.3) is 0 Å². The summed E-state index contributed by atoms with van der Waals surface area (Å²) in [6.45, 7) is 0. The molecule has 3 nitrogen and oxygen atoms in total. The number of para-hydroxylation sites is 4. The van der Waals surface area contributed by atoms with Crippen LogP contribution < -0.4 is 0 Å². The molecule has 1 aliphatic heterocycles. The first kappa shape index (κ1) is 24.0. The third-order valence-electron chi connectivity index (χ3n) is 9.07. The summed E-state index contributed by atoms with van der Waals surface area (Å²) in [5, 5.41) is 5.15. The number of benzene rings is 6. The quantitative estimate of drug-likeness (QED) is 0.203. The van der Waals surface area contributed by atoms with Crippen molar-refractivity contribution in [3.05, 3.63) is 152 Å². The molecule has 6 aromatic carbocycles. The van der Waals surface area contributed by atoms with Crippen molar-refractivity contribution in [1.29, 1.82) is 0 Å². The Kier molecular flexibility index (Phi) is 4.93. The number of fused-ring (bicyclic) bond motifs is 8. The van der Waals surface area contributed by atoms with Crippen molar-refractivity contribution in [3.8, 4) is 28.2 Å². The van der Waals surface area contributed by atoms with Crippen LogP contribution in [0.2, 0.25) is 0 Å². The first-order valence-electron chi connectivity index (χ1n) is 14.9. The average Bonchev–Trinajstić information content (AvgIpc) is 3.76. The van der Waals surface area contributed by atoms with Crippen molar-refractivity contribution in [2.75, 3.05) is 0 Å². The Hall–Kier alpha value is -5.45. The van der Waals surface area contributed by atoms with Crippen molar-refractivity contribution in [2.45, 2.75) is 9.79 Å². The molecule has 0 spiro atoms. The Bertz CT molecular complexity index is 2510. The molecule has 0 radical (unpaired) electrons. The maximum absolute atomic E-state index is 2.46. The summed E-state index contributed by atoms with van der Waals surface area (Å²) in [6, 6.07) is 50.6. The zero-order chi connectivity index (χ0) is 28.8. The van der Waals surface area contributed by atoms with E-state index in [0.29, 0.717) is 0 Å². The zero-order valence-corrected chi connectivity index (χ0v) is 24.5. The third kappa shape index (κ3) is 3.34. The van der Waals surface area contributed by atoms with Crippen LogP contribution in [-0.4, -0.2) is 13.7 Å². The molecule has 9 aromatic rings. The van der Waals surface area contributed by atoms with Gasteiger partial charge in [-0.05, 0) is 65.7 Å². The number of nitrogens with zero attached hydrogens (tertiary/aromatic N) is 3. The molecule has 0 atom stereocenters. The van der Waals surface area contributed by atoms with E-state index >= 15 is 0 Å². The van der Waals surface area contributed by atoms with Gasteiger partial charge in [-0.15, -0.1) is 0 Å². The second-order valence-corrected chi connectivity index (χ2v) is 12.6. The van der Waals surface area contributed by atoms with Gasteiger partial charge in [0.15, 0.2) is 0 Å². The topological polar surface area (TPSA) is 14.8 Å².